The van der Waals surface area contributed by atoms with Gasteiger partial charge in [0.15, 0.2) is 5.11 Å². The van der Waals surface area contributed by atoms with Crippen LogP contribution in [-0.4, -0.2) is 12.2 Å². The average Bonchev–Trinajstić information content (AvgIpc) is 2.84. The van der Waals surface area contributed by atoms with Gasteiger partial charge in [-0.25, -0.2) is 5.01 Å². The van der Waals surface area contributed by atoms with Crippen molar-refractivity contribution in [2.45, 2.75) is 12.6 Å². The Kier molecular flexibility index (Phi) is 4.08. The molecular formula is C16H16BrN3OS. The number of benzene rings is 2. The highest BCUT2D eigenvalue weighted by atomic mass is 79.9. The molecule has 0 aromatic heterocycles. The van der Waals surface area contributed by atoms with Crippen molar-refractivity contribution in [2.75, 3.05) is 12.1 Å². The quantitative estimate of drug-likeness (QED) is 0.800. The lowest BCUT2D eigenvalue weighted by Crippen LogP contribution is -2.45. The molecule has 1 unspecified atom stereocenters. The van der Waals surface area contributed by atoms with Gasteiger partial charge in [0.1, 0.15) is 11.4 Å². The zero-order chi connectivity index (χ0) is 15.7. The molecule has 22 heavy (non-hydrogen) atoms. The largest absolute Gasteiger partial charge is 0.497 e. The van der Waals surface area contributed by atoms with E-state index in [4.69, 9.17) is 17.0 Å². The number of ether oxygens (including phenoxy) is 1. The molecule has 4 nitrogen and oxygen atoms in total. The summed E-state index contributed by atoms with van der Waals surface area (Å²) in [7, 11) is 1.66. The fourth-order valence-electron chi connectivity index (χ4n) is 2.41. The highest BCUT2D eigenvalue weighted by molar-refractivity contribution is 9.10. The van der Waals surface area contributed by atoms with Gasteiger partial charge < -0.3 is 10.1 Å². The van der Waals surface area contributed by atoms with E-state index in [0.29, 0.717) is 5.11 Å². The molecule has 0 amide bonds. The lowest BCUT2D eigenvalue weighted by molar-refractivity contribution is 0.386. The molecule has 1 fully saturated rings. The number of rotatable bonds is 3. The Morgan fingerprint density at radius 3 is 2.32 bits per heavy atom. The highest BCUT2D eigenvalue weighted by Crippen LogP contribution is 2.28. The van der Waals surface area contributed by atoms with E-state index < -0.39 is 5.66 Å². The molecule has 0 spiro atoms. The molecule has 2 aromatic carbocycles. The van der Waals surface area contributed by atoms with Crippen LogP contribution in [0.15, 0.2) is 53.0 Å². The summed E-state index contributed by atoms with van der Waals surface area (Å²) < 4.78 is 6.24. The molecule has 2 aromatic rings. The summed E-state index contributed by atoms with van der Waals surface area (Å²) in [4.78, 5) is 0. The van der Waals surface area contributed by atoms with Crippen LogP contribution >= 0.6 is 28.1 Å². The topological polar surface area (TPSA) is 36.5 Å². The molecule has 0 radical (unpaired) electrons. The van der Waals surface area contributed by atoms with Gasteiger partial charge in [-0.2, -0.15) is 5.43 Å². The van der Waals surface area contributed by atoms with E-state index in [0.717, 1.165) is 21.5 Å². The van der Waals surface area contributed by atoms with Crippen molar-refractivity contribution in [1.29, 1.82) is 0 Å². The van der Waals surface area contributed by atoms with Gasteiger partial charge in [0.05, 0.1) is 12.8 Å². The van der Waals surface area contributed by atoms with E-state index in [2.05, 4.69) is 33.6 Å². The molecule has 2 N–H and O–H groups in total. The number of hydrogen-bond acceptors (Lipinski definition) is 3. The Balaban J connectivity index is 1.87. The number of methoxy groups -OCH3 is 1. The molecule has 0 aliphatic carbocycles. The van der Waals surface area contributed by atoms with Crippen LogP contribution in [0.25, 0.3) is 0 Å². The zero-order valence-corrected chi connectivity index (χ0v) is 14.7. The molecule has 1 heterocycles. The van der Waals surface area contributed by atoms with Crippen LogP contribution < -0.4 is 20.5 Å². The van der Waals surface area contributed by atoms with Gasteiger partial charge in [0.25, 0.3) is 0 Å². The Hall–Kier alpha value is -1.63. The third-order valence-corrected chi connectivity index (χ3v) is 4.46. The summed E-state index contributed by atoms with van der Waals surface area (Å²) in [5.74, 6) is 0.831. The monoisotopic (exact) mass is 377 g/mol. The summed E-state index contributed by atoms with van der Waals surface area (Å²) in [6.45, 7) is 2.06. The Morgan fingerprint density at radius 2 is 1.73 bits per heavy atom. The highest BCUT2D eigenvalue weighted by Gasteiger charge is 2.38. The minimum atomic E-state index is -0.462. The fraction of sp³-hybridized carbons (Fsp3) is 0.188. The normalized spacial score (nSPS) is 20.9. The maximum Gasteiger partial charge on any atom is 0.190 e. The minimum absolute atomic E-state index is 0.462. The third kappa shape index (κ3) is 2.82. The van der Waals surface area contributed by atoms with Gasteiger partial charge in [-0.15, -0.1) is 0 Å². The van der Waals surface area contributed by atoms with Crippen LogP contribution in [0.5, 0.6) is 5.75 Å². The van der Waals surface area contributed by atoms with E-state index >= 15 is 0 Å². The van der Waals surface area contributed by atoms with Crippen molar-refractivity contribution in [1.82, 2.24) is 10.7 Å². The molecule has 0 bridgehead atoms. The Morgan fingerprint density at radius 1 is 1.09 bits per heavy atom. The maximum absolute atomic E-state index is 5.47. The molecule has 114 valence electrons. The lowest BCUT2D eigenvalue weighted by Gasteiger charge is -2.26. The summed E-state index contributed by atoms with van der Waals surface area (Å²) in [6.07, 6.45) is 0. The van der Waals surface area contributed by atoms with Crippen molar-refractivity contribution in [3.63, 3.8) is 0 Å². The van der Waals surface area contributed by atoms with E-state index in [1.807, 2.05) is 53.5 Å². The predicted octanol–water partition coefficient (Wildman–Crippen LogP) is 3.53. The minimum Gasteiger partial charge on any atom is -0.497 e. The van der Waals surface area contributed by atoms with Crippen molar-refractivity contribution in [3.05, 3.63) is 58.6 Å². The van der Waals surface area contributed by atoms with Gasteiger partial charge in [-0.05, 0) is 61.1 Å². The second-order valence-electron chi connectivity index (χ2n) is 5.21. The second kappa shape index (κ2) is 5.87. The van der Waals surface area contributed by atoms with Crippen LogP contribution in [0.2, 0.25) is 0 Å². The third-order valence-electron chi connectivity index (χ3n) is 3.65. The Bertz CT molecular complexity index is 690. The molecule has 3 rings (SSSR count). The van der Waals surface area contributed by atoms with Crippen LogP contribution in [0, 0.1) is 0 Å². The number of hydrogen-bond donors (Lipinski definition) is 2. The van der Waals surface area contributed by atoms with Crippen molar-refractivity contribution in [3.8, 4) is 5.75 Å². The van der Waals surface area contributed by atoms with E-state index in [1.165, 1.54) is 0 Å². The van der Waals surface area contributed by atoms with Gasteiger partial charge in [-0.1, -0.05) is 28.1 Å². The average molecular weight is 378 g/mol. The van der Waals surface area contributed by atoms with E-state index in [-0.39, 0.29) is 0 Å². The van der Waals surface area contributed by atoms with Gasteiger partial charge in [0, 0.05) is 4.47 Å². The first-order valence-electron chi connectivity index (χ1n) is 6.82. The summed E-state index contributed by atoms with van der Waals surface area (Å²) >= 11 is 8.91. The number of nitrogens with zero attached hydrogens (tertiary/aromatic N) is 1. The standard InChI is InChI=1S/C16H16BrN3OS/c1-16(11-3-9-14(21-2)10-4-11)18-15(22)20(19-16)13-7-5-12(17)6-8-13/h3-10,19H,1-2H3,(H,18,22). The molecule has 6 heteroatoms. The molecule has 1 aliphatic rings. The number of nitrogens with one attached hydrogen (secondary N) is 2. The zero-order valence-electron chi connectivity index (χ0n) is 12.3. The second-order valence-corrected chi connectivity index (χ2v) is 6.51. The predicted molar refractivity (Wildman–Crippen MR) is 95.8 cm³/mol. The first kappa shape index (κ1) is 15.3. The summed E-state index contributed by atoms with van der Waals surface area (Å²) in [5, 5.41) is 5.86. The van der Waals surface area contributed by atoms with Gasteiger partial charge >= 0.3 is 0 Å². The number of hydrazine groups is 1. The molecule has 0 saturated carbocycles. The van der Waals surface area contributed by atoms with Crippen LogP contribution in [0.3, 0.4) is 0 Å². The number of thiocarbonyl (C=S) groups is 1. The summed E-state index contributed by atoms with van der Waals surface area (Å²) in [6, 6.07) is 15.9. The maximum atomic E-state index is 5.47. The van der Waals surface area contributed by atoms with Crippen LogP contribution in [-0.2, 0) is 5.66 Å². The van der Waals surface area contributed by atoms with Crippen LogP contribution in [0.1, 0.15) is 12.5 Å². The van der Waals surface area contributed by atoms with Crippen LogP contribution in [0.4, 0.5) is 5.69 Å². The fourth-order valence-corrected chi connectivity index (χ4v) is 3.02. The van der Waals surface area contributed by atoms with Crippen molar-refractivity contribution in [2.24, 2.45) is 0 Å². The molecular weight excluding hydrogens is 362 g/mol. The molecule has 1 atom stereocenters. The van der Waals surface area contributed by atoms with Gasteiger partial charge in [0.2, 0.25) is 0 Å². The lowest BCUT2D eigenvalue weighted by atomic mass is 10.0. The summed E-state index contributed by atoms with van der Waals surface area (Å²) in [5.41, 5.74) is 5.03. The number of halogens is 1. The van der Waals surface area contributed by atoms with E-state index in [9.17, 15) is 0 Å². The Labute approximate surface area is 143 Å². The van der Waals surface area contributed by atoms with Crippen molar-refractivity contribution < 1.29 is 4.74 Å². The van der Waals surface area contributed by atoms with Crippen molar-refractivity contribution >= 4 is 38.9 Å². The first-order chi connectivity index (χ1) is 10.5. The molecule has 1 saturated heterocycles. The smallest absolute Gasteiger partial charge is 0.190 e. The number of anilines is 1. The SMILES string of the molecule is COc1ccc(C2(C)NC(=S)N(c3ccc(Br)cc3)N2)cc1. The van der Waals surface area contributed by atoms with E-state index in [1.54, 1.807) is 7.11 Å². The molecule has 1 aliphatic heterocycles. The van der Waals surface area contributed by atoms with Gasteiger partial charge in [-0.3, -0.25) is 0 Å². The first-order valence-corrected chi connectivity index (χ1v) is 8.02.